The lowest BCUT2D eigenvalue weighted by Crippen LogP contribution is -2.30. The van der Waals surface area contributed by atoms with Gasteiger partial charge in [0, 0.05) is 31.5 Å². The fourth-order valence-corrected chi connectivity index (χ4v) is 2.24. The quantitative estimate of drug-likeness (QED) is 0.819. The summed E-state index contributed by atoms with van der Waals surface area (Å²) >= 11 is 0. The maximum atomic E-state index is 11.9. The Morgan fingerprint density at radius 3 is 2.62 bits per heavy atom. The highest BCUT2D eigenvalue weighted by Gasteiger charge is 2.14. The third-order valence-corrected chi connectivity index (χ3v) is 3.52. The number of aromatic nitrogens is 2. The van der Waals surface area contributed by atoms with E-state index >= 15 is 0 Å². The Morgan fingerprint density at radius 2 is 1.95 bits per heavy atom. The van der Waals surface area contributed by atoms with Crippen molar-refractivity contribution in [3.05, 3.63) is 35.7 Å². The van der Waals surface area contributed by atoms with Gasteiger partial charge >= 0.3 is 0 Å². The smallest absolute Gasteiger partial charge is 0.227 e. The molecule has 0 saturated carbocycles. The summed E-state index contributed by atoms with van der Waals surface area (Å²) < 4.78 is 5.24. The monoisotopic (exact) mass is 287 g/mol. The van der Waals surface area contributed by atoms with E-state index in [1.165, 1.54) is 0 Å². The number of hydrogen-bond acceptors (Lipinski definition) is 4. The molecule has 5 nitrogen and oxygen atoms in total. The highest BCUT2D eigenvalue weighted by atomic mass is 16.5. The Kier molecular flexibility index (Phi) is 5.09. The van der Waals surface area contributed by atoms with Crippen LogP contribution in [0.5, 0.6) is 0 Å². The van der Waals surface area contributed by atoms with Crippen molar-refractivity contribution in [3.8, 4) is 11.4 Å². The lowest BCUT2D eigenvalue weighted by atomic mass is 10.1. The zero-order chi connectivity index (χ0) is 15.2. The summed E-state index contributed by atoms with van der Waals surface area (Å²) in [7, 11) is 0. The van der Waals surface area contributed by atoms with Crippen LogP contribution in [0, 0.1) is 6.92 Å². The van der Waals surface area contributed by atoms with Gasteiger partial charge in [0.25, 0.3) is 0 Å². The number of amides is 1. The Labute approximate surface area is 125 Å². The molecule has 1 heterocycles. The first kappa shape index (κ1) is 15.2. The van der Waals surface area contributed by atoms with Gasteiger partial charge in [0.2, 0.25) is 17.6 Å². The molecule has 0 saturated heterocycles. The average Bonchev–Trinajstić information content (AvgIpc) is 2.95. The van der Waals surface area contributed by atoms with Crippen molar-refractivity contribution in [2.45, 2.75) is 33.6 Å². The van der Waals surface area contributed by atoms with E-state index in [0.29, 0.717) is 24.6 Å². The van der Waals surface area contributed by atoms with Crippen molar-refractivity contribution in [2.75, 3.05) is 13.1 Å². The van der Waals surface area contributed by atoms with Gasteiger partial charge in [-0.05, 0) is 26.3 Å². The van der Waals surface area contributed by atoms with Gasteiger partial charge in [-0.1, -0.05) is 29.4 Å². The SMILES string of the molecule is CCN(CC)C(=O)CCc1nc(-c2ccccc2C)no1. The standard InChI is InChI=1S/C16H21N3O2/c1-4-19(5-2)15(20)11-10-14-17-16(18-21-14)13-9-7-6-8-12(13)3/h6-9H,4-5,10-11H2,1-3H3. The van der Waals surface area contributed by atoms with Crippen LogP contribution in [0.2, 0.25) is 0 Å². The summed E-state index contributed by atoms with van der Waals surface area (Å²) in [6.07, 6.45) is 0.880. The molecule has 0 radical (unpaired) electrons. The zero-order valence-electron chi connectivity index (χ0n) is 12.8. The van der Waals surface area contributed by atoms with E-state index in [1.807, 2.05) is 45.0 Å². The van der Waals surface area contributed by atoms with Gasteiger partial charge < -0.3 is 9.42 Å². The molecule has 21 heavy (non-hydrogen) atoms. The molecule has 5 heteroatoms. The number of hydrogen-bond donors (Lipinski definition) is 0. The zero-order valence-corrected chi connectivity index (χ0v) is 12.8. The maximum absolute atomic E-state index is 11.9. The first-order valence-electron chi connectivity index (χ1n) is 7.32. The largest absolute Gasteiger partial charge is 0.343 e. The molecule has 0 bridgehead atoms. The molecular weight excluding hydrogens is 266 g/mol. The molecule has 0 aliphatic heterocycles. The van der Waals surface area contributed by atoms with E-state index < -0.39 is 0 Å². The van der Waals surface area contributed by atoms with E-state index in [0.717, 1.165) is 24.2 Å². The second-order valence-corrected chi connectivity index (χ2v) is 4.89. The van der Waals surface area contributed by atoms with Gasteiger partial charge in [-0.15, -0.1) is 0 Å². The first-order valence-corrected chi connectivity index (χ1v) is 7.32. The molecule has 0 atom stereocenters. The molecule has 2 aromatic rings. The van der Waals surface area contributed by atoms with Crippen LogP contribution in [0.1, 0.15) is 31.7 Å². The minimum absolute atomic E-state index is 0.121. The fourth-order valence-electron chi connectivity index (χ4n) is 2.24. The van der Waals surface area contributed by atoms with Crippen molar-refractivity contribution in [1.29, 1.82) is 0 Å². The van der Waals surface area contributed by atoms with Gasteiger partial charge in [0.1, 0.15) is 0 Å². The fraction of sp³-hybridized carbons (Fsp3) is 0.438. The maximum Gasteiger partial charge on any atom is 0.227 e. The van der Waals surface area contributed by atoms with Gasteiger partial charge in [-0.3, -0.25) is 4.79 Å². The Bertz CT molecular complexity index is 603. The normalized spacial score (nSPS) is 10.6. The third kappa shape index (κ3) is 3.68. The Morgan fingerprint density at radius 1 is 1.24 bits per heavy atom. The molecule has 1 aromatic heterocycles. The van der Waals surface area contributed by atoms with Crippen LogP contribution in [0.15, 0.2) is 28.8 Å². The Balaban J connectivity index is 2.01. The number of nitrogens with zero attached hydrogens (tertiary/aromatic N) is 3. The summed E-state index contributed by atoms with van der Waals surface area (Å²) in [5.41, 5.74) is 2.06. The van der Waals surface area contributed by atoms with Crippen molar-refractivity contribution >= 4 is 5.91 Å². The molecule has 1 amide bonds. The van der Waals surface area contributed by atoms with E-state index in [1.54, 1.807) is 4.90 Å². The first-order chi connectivity index (χ1) is 10.2. The molecule has 0 aliphatic rings. The van der Waals surface area contributed by atoms with E-state index in [9.17, 15) is 4.79 Å². The van der Waals surface area contributed by atoms with Crippen molar-refractivity contribution in [1.82, 2.24) is 15.0 Å². The minimum atomic E-state index is 0.121. The molecule has 112 valence electrons. The second kappa shape index (κ2) is 7.02. The van der Waals surface area contributed by atoms with E-state index in [2.05, 4.69) is 10.1 Å². The molecule has 0 fully saturated rings. The summed E-state index contributed by atoms with van der Waals surface area (Å²) in [6.45, 7) is 7.42. The van der Waals surface area contributed by atoms with Gasteiger partial charge in [0.15, 0.2) is 0 Å². The lowest BCUT2D eigenvalue weighted by molar-refractivity contribution is -0.130. The van der Waals surface area contributed by atoms with Gasteiger partial charge in [-0.2, -0.15) is 4.98 Å². The van der Waals surface area contributed by atoms with Crippen LogP contribution in [-0.4, -0.2) is 34.0 Å². The van der Waals surface area contributed by atoms with Crippen LogP contribution < -0.4 is 0 Å². The molecule has 0 aliphatic carbocycles. The number of carbonyl (C=O) groups is 1. The van der Waals surface area contributed by atoms with Crippen molar-refractivity contribution in [3.63, 3.8) is 0 Å². The topological polar surface area (TPSA) is 59.2 Å². The van der Waals surface area contributed by atoms with E-state index in [4.69, 9.17) is 4.52 Å². The summed E-state index contributed by atoms with van der Waals surface area (Å²) in [4.78, 5) is 18.1. The summed E-state index contributed by atoms with van der Waals surface area (Å²) in [5.74, 6) is 1.21. The third-order valence-electron chi connectivity index (χ3n) is 3.52. The van der Waals surface area contributed by atoms with Gasteiger partial charge in [-0.25, -0.2) is 0 Å². The molecule has 2 rings (SSSR count). The van der Waals surface area contributed by atoms with E-state index in [-0.39, 0.29) is 5.91 Å². The van der Waals surface area contributed by atoms with Crippen LogP contribution >= 0.6 is 0 Å². The second-order valence-electron chi connectivity index (χ2n) is 4.89. The molecule has 0 N–H and O–H groups in total. The van der Waals surface area contributed by atoms with Crippen LogP contribution in [0.25, 0.3) is 11.4 Å². The predicted molar refractivity (Wildman–Crippen MR) is 80.7 cm³/mol. The van der Waals surface area contributed by atoms with Crippen LogP contribution in [-0.2, 0) is 11.2 Å². The number of rotatable bonds is 6. The summed E-state index contributed by atoms with van der Waals surface area (Å²) in [6, 6.07) is 7.89. The van der Waals surface area contributed by atoms with Gasteiger partial charge in [0.05, 0.1) is 0 Å². The molecule has 0 spiro atoms. The average molecular weight is 287 g/mol. The predicted octanol–water partition coefficient (Wildman–Crippen LogP) is 2.85. The number of carbonyl (C=O) groups excluding carboxylic acids is 1. The minimum Gasteiger partial charge on any atom is -0.343 e. The van der Waals surface area contributed by atoms with Crippen molar-refractivity contribution < 1.29 is 9.32 Å². The number of aryl methyl sites for hydroxylation is 2. The number of benzene rings is 1. The van der Waals surface area contributed by atoms with Crippen molar-refractivity contribution in [2.24, 2.45) is 0 Å². The lowest BCUT2D eigenvalue weighted by Gasteiger charge is -2.17. The summed E-state index contributed by atoms with van der Waals surface area (Å²) in [5, 5.41) is 4.00. The molecular formula is C16H21N3O2. The highest BCUT2D eigenvalue weighted by molar-refractivity contribution is 5.76. The Hall–Kier alpha value is -2.17. The molecule has 0 unspecified atom stereocenters. The van der Waals surface area contributed by atoms with Crippen LogP contribution in [0.4, 0.5) is 0 Å². The molecule has 1 aromatic carbocycles. The highest BCUT2D eigenvalue weighted by Crippen LogP contribution is 2.20. The van der Waals surface area contributed by atoms with Crippen LogP contribution in [0.3, 0.4) is 0 Å².